The third-order valence-electron chi connectivity index (χ3n) is 1.06. The molecule has 0 aliphatic heterocycles. The second-order valence-corrected chi connectivity index (χ2v) is 4.55. The fourth-order valence-electron chi connectivity index (χ4n) is 0.502. The largest absolute Gasteiger partial charge is 0.392 e. The van der Waals surface area contributed by atoms with Crippen LogP contribution in [0.25, 0.3) is 0 Å². The van der Waals surface area contributed by atoms with Gasteiger partial charge in [0.2, 0.25) is 15.9 Å². The average molecular weight is 225 g/mol. The van der Waals surface area contributed by atoms with Crippen LogP contribution in [-0.2, 0) is 14.8 Å². The molecule has 4 N–H and O–H groups in total. The first-order chi connectivity index (χ1) is 5.87. The first kappa shape index (κ1) is 12.3. The Morgan fingerprint density at radius 2 is 2.08 bits per heavy atom. The molecular weight excluding hydrogens is 214 g/mol. The summed E-state index contributed by atoms with van der Waals surface area (Å²) in [6.07, 6.45) is 0. The lowest BCUT2D eigenvalue weighted by molar-refractivity contribution is -0.119. The molecule has 0 fully saturated rings. The number of carbonyl (C=O) groups excluding carboxylic acids is 1. The summed E-state index contributed by atoms with van der Waals surface area (Å²) in [7, 11) is -2.16. The summed E-state index contributed by atoms with van der Waals surface area (Å²) in [5, 5.41) is 2.26. The minimum atomic E-state index is -3.56. The van der Waals surface area contributed by atoms with Gasteiger partial charge in [0.05, 0.1) is 11.5 Å². The molecule has 0 aromatic heterocycles. The van der Waals surface area contributed by atoms with E-state index in [0.29, 0.717) is 0 Å². The van der Waals surface area contributed by atoms with E-state index in [9.17, 15) is 13.2 Å². The van der Waals surface area contributed by atoms with E-state index < -0.39 is 21.7 Å². The Hall–Kier alpha value is -0.730. The zero-order valence-corrected chi connectivity index (χ0v) is 8.67. The molecule has 0 aliphatic rings. The van der Waals surface area contributed by atoms with E-state index in [0.717, 1.165) is 0 Å². The van der Waals surface area contributed by atoms with Crippen molar-refractivity contribution in [2.75, 3.05) is 19.3 Å². The molecule has 0 atom stereocenters. The van der Waals surface area contributed by atoms with Gasteiger partial charge < -0.3 is 11.1 Å². The number of sulfonamides is 1. The van der Waals surface area contributed by atoms with E-state index in [1.807, 2.05) is 4.72 Å². The maximum absolute atomic E-state index is 11.0. The van der Waals surface area contributed by atoms with Crippen LogP contribution in [0.5, 0.6) is 0 Å². The lowest BCUT2D eigenvalue weighted by Crippen LogP contribution is -2.38. The summed E-state index contributed by atoms with van der Waals surface area (Å²) in [4.78, 5) is 10.5. The van der Waals surface area contributed by atoms with Crippen LogP contribution in [0.1, 0.15) is 0 Å². The van der Waals surface area contributed by atoms with Crippen LogP contribution in [0.3, 0.4) is 0 Å². The predicted molar refractivity (Wildman–Crippen MR) is 52.6 cm³/mol. The molecule has 0 saturated heterocycles. The van der Waals surface area contributed by atoms with E-state index in [4.69, 9.17) is 5.73 Å². The number of hydrogen-bond acceptors (Lipinski definition) is 4. The van der Waals surface area contributed by atoms with Gasteiger partial charge in [-0.05, 0) is 0 Å². The van der Waals surface area contributed by atoms with Crippen molar-refractivity contribution in [1.29, 1.82) is 0 Å². The lowest BCUT2D eigenvalue weighted by Gasteiger charge is -2.03. The van der Waals surface area contributed by atoms with E-state index >= 15 is 0 Å². The fraction of sp³-hybridized carbons (Fsp3) is 0.600. The van der Waals surface area contributed by atoms with Crippen molar-refractivity contribution in [1.82, 2.24) is 10.0 Å². The number of nitrogens with two attached hydrogens (primary N) is 1. The van der Waals surface area contributed by atoms with Crippen LogP contribution >= 0.6 is 12.2 Å². The van der Waals surface area contributed by atoms with Gasteiger partial charge in [-0.25, -0.2) is 13.1 Å². The Morgan fingerprint density at radius 1 is 1.54 bits per heavy atom. The highest BCUT2D eigenvalue weighted by molar-refractivity contribution is 7.92. The molecule has 13 heavy (non-hydrogen) atoms. The van der Waals surface area contributed by atoms with Gasteiger partial charge in [-0.1, -0.05) is 12.2 Å². The SMILES string of the molecule is CNC(=O)CNS(=O)(=O)CC(N)=S. The zero-order chi connectivity index (χ0) is 10.5. The first-order valence-corrected chi connectivity index (χ1v) is 5.39. The Bertz CT molecular complexity index is 298. The minimum absolute atomic E-state index is 0.135. The number of likely N-dealkylation sites (N-methyl/N-ethyl adjacent to an activating group) is 1. The van der Waals surface area contributed by atoms with Crippen molar-refractivity contribution in [3.05, 3.63) is 0 Å². The maximum atomic E-state index is 11.0. The van der Waals surface area contributed by atoms with Gasteiger partial charge in [-0.2, -0.15) is 0 Å². The topological polar surface area (TPSA) is 101 Å². The molecule has 0 aromatic carbocycles. The van der Waals surface area contributed by atoms with E-state index in [1.54, 1.807) is 0 Å². The Morgan fingerprint density at radius 3 is 2.46 bits per heavy atom. The second kappa shape index (κ2) is 5.10. The van der Waals surface area contributed by atoms with Gasteiger partial charge in [-0.3, -0.25) is 4.79 Å². The van der Waals surface area contributed by atoms with Gasteiger partial charge in [0, 0.05) is 7.05 Å². The maximum Gasteiger partial charge on any atom is 0.234 e. The summed E-state index contributed by atoms with van der Waals surface area (Å²) in [6, 6.07) is 0. The highest BCUT2D eigenvalue weighted by Gasteiger charge is 2.12. The normalized spacial score (nSPS) is 10.8. The van der Waals surface area contributed by atoms with E-state index in [-0.39, 0.29) is 11.5 Å². The van der Waals surface area contributed by atoms with Crippen LogP contribution in [0.15, 0.2) is 0 Å². The van der Waals surface area contributed by atoms with Gasteiger partial charge in [0.25, 0.3) is 0 Å². The fourth-order valence-corrected chi connectivity index (χ4v) is 1.80. The molecule has 0 saturated carbocycles. The molecule has 0 aromatic rings. The molecule has 76 valence electrons. The van der Waals surface area contributed by atoms with Gasteiger partial charge >= 0.3 is 0 Å². The van der Waals surface area contributed by atoms with E-state index in [2.05, 4.69) is 17.5 Å². The smallest absolute Gasteiger partial charge is 0.234 e. The third-order valence-corrected chi connectivity index (χ3v) is 2.67. The molecule has 0 aliphatic carbocycles. The van der Waals surface area contributed by atoms with E-state index in [1.165, 1.54) is 7.05 Å². The molecule has 0 bridgehead atoms. The number of hydrogen-bond donors (Lipinski definition) is 3. The van der Waals surface area contributed by atoms with Crippen LogP contribution in [0.2, 0.25) is 0 Å². The van der Waals surface area contributed by atoms with Crippen molar-refractivity contribution in [3.8, 4) is 0 Å². The lowest BCUT2D eigenvalue weighted by atomic mass is 10.6. The minimum Gasteiger partial charge on any atom is -0.392 e. The summed E-state index contributed by atoms with van der Waals surface area (Å²) < 4.78 is 24.0. The molecule has 1 amide bonds. The summed E-state index contributed by atoms with van der Waals surface area (Å²) >= 11 is 4.41. The summed E-state index contributed by atoms with van der Waals surface area (Å²) in [6.45, 7) is -0.304. The Balaban J connectivity index is 4.05. The highest BCUT2D eigenvalue weighted by Crippen LogP contribution is 1.83. The van der Waals surface area contributed by atoms with Crippen molar-refractivity contribution >= 4 is 33.1 Å². The quantitative estimate of drug-likeness (QED) is 0.467. The van der Waals surface area contributed by atoms with Crippen LogP contribution in [0, 0.1) is 0 Å². The number of carbonyl (C=O) groups is 1. The number of rotatable bonds is 5. The van der Waals surface area contributed by atoms with Gasteiger partial charge in [0.1, 0.15) is 5.75 Å². The Labute approximate surface area is 81.9 Å². The van der Waals surface area contributed by atoms with Crippen molar-refractivity contribution in [2.24, 2.45) is 5.73 Å². The number of amides is 1. The van der Waals surface area contributed by atoms with Crippen molar-refractivity contribution in [2.45, 2.75) is 0 Å². The van der Waals surface area contributed by atoms with Crippen LogP contribution in [-0.4, -0.2) is 38.7 Å². The predicted octanol–water partition coefficient (Wildman–Crippen LogP) is -2.06. The van der Waals surface area contributed by atoms with Crippen molar-refractivity contribution < 1.29 is 13.2 Å². The third kappa shape index (κ3) is 6.43. The average Bonchev–Trinajstić information content (AvgIpc) is 1.98. The Kier molecular flexibility index (Phi) is 4.81. The number of nitrogens with one attached hydrogen (secondary N) is 2. The molecule has 0 spiro atoms. The summed E-state index contributed by atoms with van der Waals surface area (Å²) in [5.41, 5.74) is 5.03. The molecule has 0 radical (unpaired) electrons. The zero-order valence-electron chi connectivity index (χ0n) is 7.03. The van der Waals surface area contributed by atoms with Gasteiger partial charge in [0.15, 0.2) is 0 Å². The molecule has 0 unspecified atom stereocenters. The molecule has 0 rings (SSSR count). The van der Waals surface area contributed by atoms with Crippen molar-refractivity contribution in [3.63, 3.8) is 0 Å². The summed E-state index contributed by atoms with van der Waals surface area (Å²) in [5.74, 6) is -0.870. The molecular formula is C5H11N3O3S2. The second-order valence-electron chi connectivity index (χ2n) is 2.22. The van der Waals surface area contributed by atoms with Crippen LogP contribution < -0.4 is 15.8 Å². The highest BCUT2D eigenvalue weighted by atomic mass is 32.2. The number of thiocarbonyl (C=S) groups is 1. The monoisotopic (exact) mass is 225 g/mol. The molecule has 6 nitrogen and oxygen atoms in total. The standard InChI is InChI=1S/C5H11N3O3S2/c1-7-5(9)2-8-13(10,11)3-4(6)12/h8H,2-3H2,1H3,(H2,6,12)(H,7,9). The first-order valence-electron chi connectivity index (χ1n) is 3.33. The molecule has 8 heteroatoms. The molecule has 0 heterocycles. The van der Waals surface area contributed by atoms with Gasteiger partial charge in [-0.15, -0.1) is 0 Å². The van der Waals surface area contributed by atoms with Crippen LogP contribution in [0.4, 0.5) is 0 Å².